The molecule has 1 atom stereocenters. The van der Waals surface area contributed by atoms with Crippen LogP contribution in [-0.2, 0) is 0 Å². The van der Waals surface area contributed by atoms with E-state index in [4.69, 9.17) is 15.3 Å². The fourth-order valence-electron chi connectivity index (χ4n) is 0.916. The van der Waals surface area contributed by atoms with Gasteiger partial charge in [0.15, 0.2) is 0 Å². The number of hydrogen-bond acceptors (Lipinski definition) is 4. The van der Waals surface area contributed by atoms with Crippen LogP contribution in [0.5, 0.6) is 5.75 Å². The second-order valence-electron chi connectivity index (χ2n) is 2.77. The second-order valence-corrected chi connectivity index (χ2v) is 2.77. The summed E-state index contributed by atoms with van der Waals surface area (Å²) in [6.45, 7) is -0.00817. The van der Waals surface area contributed by atoms with Crippen LogP contribution in [0.25, 0.3) is 0 Å². The Bertz CT molecular complexity index is 265. The zero-order valence-electron chi connectivity index (χ0n) is 7.14. The van der Waals surface area contributed by atoms with Crippen molar-refractivity contribution in [1.82, 2.24) is 0 Å². The average Bonchev–Trinajstić information content (AvgIpc) is 2.14. The number of phenolic OH excluding ortho intramolecular Hbond substituents is 1. The summed E-state index contributed by atoms with van der Waals surface area (Å²) >= 11 is 0. The van der Waals surface area contributed by atoms with Gasteiger partial charge in [0.05, 0.1) is 12.7 Å². The van der Waals surface area contributed by atoms with Crippen molar-refractivity contribution in [1.29, 1.82) is 0 Å². The van der Waals surface area contributed by atoms with Crippen molar-refractivity contribution in [2.45, 2.75) is 6.10 Å². The molecule has 1 aromatic carbocycles. The van der Waals surface area contributed by atoms with E-state index in [-0.39, 0.29) is 18.9 Å². The predicted molar refractivity (Wildman–Crippen MR) is 49.7 cm³/mol. The maximum absolute atomic E-state index is 9.08. The van der Waals surface area contributed by atoms with Crippen molar-refractivity contribution in [3.63, 3.8) is 0 Å². The minimum Gasteiger partial charge on any atom is -0.508 e. The third-order valence-electron chi connectivity index (χ3n) is 1.60. The molecule has 0 saturated carbocycles. The van der Waals surface area contributed by atoms with Crippen LogP contribution >= 0.6 is 0 Å². The Morgan fingerprint density at radius 2 is 2.15 bits per heavy atom. The zero-order chi connectivity index (χ0) is 9.68. The zero-order valence-corrected chi connectivity index (χ0v) is 7.14. The molecule has 4 nitrogen and oxygen atoms in total. The van der Waals surface area contributed by atoms with Crippen LogP contribution < -0.4 is 5.32 Å². The molecule has 0 aromatic heterocycles. The smallest absolute Gasteiger partial charge is 0.117 e. The number of hydrogen-bond donors (Lipinski definition) is 4. The van der Waals surface area contributed by atoms with Gasteiger partial charge in [-0.1, -0.05) is 6.07 Å². The molecule has 0 radical (unpaired) electrons. The molecule has 72 valence electrons. The minimum atomic E-state index is -0.776. The molecule has 0 aliphatic carbocycles. The van der Waals surface area contributed by atoms with Crippen LogP contribution in [0.2, 0.25) is 0 Å². The second kappa shape index (κ2) is 4.69. The summed E-state index contributed by atoms with van der Waals surface area (Å²) < 4.78 is 0. The number of aromatic hydroxyl groups is 1. The standard InChI is InChI=1S/C9H13NO3/c11-6-9(13)5-10-7-2-1-3-8(12)4-7/h1-4,9-13H,5-6H2. The SMILES string of the molecule is OCC(O)CNc1cccc(O)c1. The van der Waals surface area contributed by atoms with Crippen molar-refractivity contribution < 1.29 is 15.3 Å². The third kappa shape index (κ3) is 3.31. The van der Waals surface area contributed by atoms with Crippen molar-refractivity contribution in [3.8, 4) is 5.75 Å². The van der Waals surface area contributed by atoms with E-state index < -0.39 is 6.10 Å². The Balaban J connectivity index is 2.45. The molecular formula is C9H13NO3. The van der Waals surface area contributed by atoms with Gasteiger partial charge in [0.1, 0.15) is 5.75 Å². The summed E-state index contributed by atoms with van der Waals surface area (Å²) in [4.78, 5) is 0. The molecule has 0 aliphatic rings. The van der Waals surface area contributed by atoms with E-state index in [1.54, 1.807) is 24.3 Å². The topological polar surface area (TPSA) is 72.7 Å². The molecule has 0 saturated heterocycles. The van der Waals surface area contributed by atoms with Gasteiger partial charge < -0.3 is 20.6 Å². The fraction of sp³-hybridized carbons (Fsp3) is 0.333. The Kier molecular flexibility index (Phi) is 3.54. The monoisotopic (exact) mass is 183 g/mol. The summed E-state index contributed by atoms with van der Waals surface area (Å²) in [7, 11) is 0. The molecule has 4 heteroatoms. The van der Waals surface area contributed by atoms with Gasteiger partial charge in [-0.25, -0.2) is 0 Å². The molecule has 4 N–H and O–H groups in total. The van der Waals surface area contributed by atoms with Crippen LogP contribution in [0.4, 0.5) is 5.69 Å². The fourth-order valence-corrected chi connectivity index (χ4v) is 0.916. The number of benzene rings is 1. The number of rotatable bonds is 4. The van der Waals surface area contributed by atoms with Gasteiger partial charge in [-0.3, -0.25) is 0 Å². The summed E-state index contributed by atoms with van der Waals surface area (Å²) in [6, 6.07) is 6.57. The number of aliphatic hydroxyl groups is 2. The highest BCUT2D eigenvalue weighted by Gasteiger charge is 2.00. The van der Waals surface area contributed by atoms with Gasteiger partial charge in [-0.2, -0.15) is 0 Å². The van der Waals surface area contributed by atoms with Gasteiger partial charge in [0.2, 0.25) is 0 Å². The largest absolute Gasteiger partial charge is 0.508 e. The van der Waals surface area contributed by atoms with Gasteiger partial charge in [-0.15, -0.1) is 0 Å². The highest BCUT2D eigenvalue weighted by molar-refractivity contribution is 5.47. The summed E-state index contributed by atoms with van der Waals surface area (Å²) in [5, 5.41) is 29.5. The molecule has 0 spiro atoms. The Morgan fingerprint density at radius 3 is 2.77 bits per heavy atom. The molecule has 0 bridgehead atoms. The van der Waals surface area contributed by atoms with Crippen molar-refractivity contribution >= 4 is 5.69 Å². The lowest BCUT2D eigenvalue weighted by atomic mass is 10.3. The average molecular weight is 183 g/mol. The first-order valence-corrected chi connectivity index (χ1v) is 4.04. The minimum absolute atomic E-state index is 0.170. The highest BCUT2D eigenvalue weighted by atomic mass is 16.3. The Labute approximate surface area is 76.5 Å². The molecule has 0 fully saturated rings. The van der Waals surface area contributed by atoms with Crippen LogP contribution in [-0.4, -0.2) is 34.6 Å². The van der Waals surface area contributed by atoms with E-state index in [1.165, 1.54) is 0 Å². The first-order chi connectivity index (χ1) is 6.22. The van der Waals surface area contributed by atoms with Crippen LogP contribution in [0.3, 0.4) is 0 Å². The van der Waals surface area contributed by atoms with E-state index in [1.807, 2.05) is 0 Å². The lowest BCUT2D eigenvalue weighted by Gasteiger charge is -2.09. The molecule has 0 aliphatic heterocycles. The van der Waals surface area contributed by atoms with Crippen LogP contribution in [0.15, 0.2) is 24.3 Å². The van der Waals surface area contributed by atoms with E-state index in [2.05, 4.69) is 5.32 Å². The molecule has 1 rings (SSSR count). The first kappa shape index (κ1) is 9.83. The van der Waals surface area contributed by atoms with Crippen LogP contribution in [0, 0.1) is 0 Å². The normalized spacial score (nSPS) is 12.5. The lowest BCUT2D eigenvalue weighted by Crippen LogP contribution is -2.22. The number of anilines is 1. The van der Waals surface area contributed by atoms with Gasteiger partial charge in [0.25, 0.3) is 0 Å². The highest BCUT2D eigenvalue weighted by Crippen LogP contribution is 2.14. The molecule has 13 heavy (non-hydrogen) atoms. The summed E-state index contributed by atoms with van der Waals surface area (Å²) in [5.74, 6) is 0.170. The molecule has 0 amide bonds. The quantitative estimate of drug-likeness (QED) is 0.536. The molecular weight excluding hydrogens is 170 g/mol. The van der Waals surface area contributed by atoms with Crippen molar-refractivity contribution in [3.05, 3.63) is 24.3 Å². The Morgan fingerprint density at radius 1 is 1.38 bits per heavy atom. The van der Waals surface area contributed by atoms with E-state index in [9.17, 15) is 0 Å². The number of phenols is 1. The molecule has 1 unspecified atom stereocenters. The number of nitrogens with one attached hydrogen (secondary N) is 1. The van der Waals surface area contributed by atoms with Crippen molar-refractivity contribution in [2.24, 2.45) is 0 Å². The third-order valence-corrected chi connectivity index (χ3v) is 1.60. The first-order valence-electron chi connectivity index (χ1n) is 4.04. The maximum Gasteiger partial charge on any atom is 0.117 e. The summed E-state index contributed by atoms with van der Waals surface area (Å²) in [5.41, 5.74) is 0.715. The summed E-state index contributed by atoms with van der Waals surface area (Å²) in [6.07, 6.45) is -0.776. The van der Waals surface area contributed by atoms with E-state index in [0.717, 1.165) is 0 Å². The van der Waals surface area contributed by atoms with Crippen LogP contribution in [0.1, 0.15) is 0 Å². The van der Waals surface area contributed by atoms with E-state index in [0.29, 0.717) is 5.69 Å². The lowest BCUT2D eigenvalue weighted by molar-refractivity contribution is 0.105. The van der Waals surface area contributed by atoms with Gasteiger partial charge in [0, 0.05) is 18.3 Å². The molecule has 0 heterocycles. The molecule has 1 aromatic rings. The van der Waals surface area contributed by atoms with E-state index >= 15 is 0 Å². The van der Waals surface area contributed by atoms with Gasteiger partial charge in [-0.05, 0) is 12.1 Å². The van der Waals surface area contributed by atoms with Gasteiger partial charge >= 0.3 is 0 Å². The predicted octanol–water partition coefficient (Wildman–Crippen LogP) is 0.157. The van der Waals surface area contributed by atoms with Crippen molar-refractivity contribution in [2.75, 3.05) is 18.5 Å². The Hall–Kier alpha value is -1.26. The maximum atomic E-state index is 9.08. The number of aliphatic hydroxyl groups excluding tert-OH is 2.